The maximum absolute atomic E-state index is 13.1. The first-order chi connectivity index (χ1) is 13.6. The van der Waals surface area contributed by atoms with Crippen LogP contribution in [-0.4, -0.2) is 36.9 Å². The molecule has 1 heterocycles. The van der Waals surface area contributed by atoms with E-state index >= 15 is 0 Å². The summed E-state index contributed by atoms with van der Waals surface area (Å²) in [6.45, 7) is 1.42. The Kier molecular flexibility index (Phi) is 6.87. The van der Waals surface area contributed by atoms with E-state index < -0.39 is 0 Å². The first kappa shape index (κ1) is 20.1. The zero-order valence-corrected chi connectivity index (χ0v) is 17.4. The van der Waals surface area contributed by atoms with Gasteiger partial charge in [-0.3, -0.25) is 9.59 Å². The molecule has 0 bridgehead atoms. The van der Waals surface area contributed by atoms with Gasteiger partial charge in [-0.25, -0.2) is 0 Å². The Morgan fingerprint density at radius 2 is 1.71 bits per heavy atom. The van der Waals surface area contributed by atoms with Gasteiger partial charge in [-0.05, 0) is 55.2 Å². The van der Waals surface area contributed by atoms with E-state index in [1.807, 2.05) is 24.3 Å². The number of methoxy groups -OCH3 is 1. The Bertz CT molecular complexity index is 872. The van der Waals surface area contributed by atoms with Gasteiger partial charge in [0.05, 0.1) is 12.7 Å². The van der Waals surface area contributed by atoms with Gasteiger partial charge in [0.2, 0.25) is 0 Å². The number of carbonyl (C=O) groups excluding carboxylic acids is 2. The van der Waals surface area contributed by atoms with Gasteiger partial charge in [0.15, 0.2) is 0 Å². The number of piperidine rings is 1. The summed E-state index contributed by atoms with van der Waals surface area (Å²) in [5, 5.41) is 2.81. The molecule has 2 aromatic rings. The van der Waals surface area contributed by atoms with Gasteiger partial charge >= 0.3 is 0 Å². The molecule has 0 unspecified atom stereocenters. The summed E-state index contributed by atoms with van der Waals surface area (Å²) in [7, 11) is 1.52. The molecular formula is C22H23BrN2O3. The number of benzene rings is 2. The van der Waals surface area contributed by atoms with Crippen molar-refractivity contribution in [2.24, 2.45) is 0 Å². The molecule has 1 fully saturated rings. The summed E-state index contributed by atoms with van der Waals surface area (Å²) >= 11 is 3.41. The van der Waals surface area contributed by atoms with E-state index in [9.17, 15) is 9.59 Å². The highest BCUT2D eigenvalue weighted by Crippen LogP contribution is 2.19. The zero-order valence-electron chi connectivity index (χ0n) is 15.8. The summed E-state index contributed by atoms with van der Waals surface area (Å²) in [6, 6.07) is 14.5. The van der Waals surface area contributed by atoms with Crippen LogP contribution in [0.4, 0.5) is 0 Å². The highest BCUT2D eigenvalue weighted by Gasteiger charge is 2.23. The van der Waals surface area contributed by atoms with E-state index in [2.05, 4.69) is 21.2 Å². The predicted octanol–water partition coefficient (Wildman–Crippen LogP) is 4.24. The lowest BCUT2D eigenvalue weighted by atomic mass is 10.1. The van der Waals surface area contributed by atoms with Crippen LogP contribution in [0.2, 0.25) is 0 Å². The van der Waals surface area contributed by atoms with Crippen molar-refractivity contribution in [2.75, 3.05) is 20.2 Å². The molecule has 0 radical (unpaired) electrons. The Morgan fingerprint density at radius 3 is 2.39 bits per heavy atom. The summed E-state index contributed by atoms with van der Waals surface area (Å²) < 4.78 is 6.23. The highest BCUT2D eigenvalue weighted by atomic mass is 79.9. The number of carbonyl (C=O) groups is 2. The van der Waals surface area contributed by atoms with Gasteiger partial charge in [-0.1, -0.05) is 40.2 Å². The molecule has 6 heteroatoms. The Labute approximate surface area is 173 Å². The second-order valence-electron chi connectivity index (χ2n) is 6.62. The third-order valence-corrected chi connectivity index (χ3v) is 5.18. The Balaban J connectivity index is 1.90. The largest absolute Gasteiger partial charge is 0.496 e. The van der Waals surface area contributed by atoms with Gasteiger partial charge in [-0.2, -0.15) is 0 Å². The van der Waals surface area contributed by atoms with Crippen molar-refractivity contribution < 1.29 is 14.3 Å². The standard InChI is InChI=1S/C22H23BrN2O3/c1-28-20-8-4-3-7-18(20)21(26)24-19(15-16-9-11-17(23)12-10-16)22(27)25-13-5-2-6-14-25/h3-4,7-12,15H,2,5-6,13-14H2,1H3,(H,24,26)/b19-15+. The molecule has 1 aliphatic heterocycles. The van der Waals surface area contributed by atoms with Crippen LogP contribution in [0.5, 0.6) is 5.75 Å². The maximum atomic E-state index is 13.1. The first-order valence-corrected chi connectivity index (χ1v) is 10.1. The van der Waals surface area contributed by atoms with E-state index in [-0.39, 0.29) is 17.5 Å². The number of amides is 2. The number of nitrogens with one attached hydrogen (secondary N) is 1. The first-order valence-electron chi connectivity index (χ1n) is 9.29. The van der Waals surface area contributed by atoms with Gasteiger partial charge in [-0.15, -0.1) is 0 Å². The topological polar surface area (TPSA) is 58.6 Å². The van der Waals surface area contributed by atoms with Crippen molar-refractivity contribution in [1.82, 2.24) is 10.2 Å². The van der Waals surface area contributed by atoms with Crippen LogP contribution in [0.25, 0.3) is 6.08 Å². The molecule has 1 aliphatic rings. The highest BCUT2D eigenvalue weighted by molar-refractivity contribution is 9.10. The third-order valence-electron chi connectivity index (χ3n) is 4.65. The quantitative estimate of drug-likeness (QED) is 0.704. The van der Waals surface area contributed by atoms with Crippen LogP contribution in [0.15, 0.2) is 58.7 Å². The minimum Gasteiger partial charge on any atom is -0.496 e. The number of ether oxygens (including phenoxy) is 1. The summed E-state index contributed by atoms with van der Waals surface area (Å²) in [6.07, 6.45) is 4.81. The SMILES string of the molecule is COc1ccccc1C(=O)N/C(=C/c1ccc(Br)cc1)C(=O)N1CCCCC1. The van der Waals surface area contributed by atoms with Gasteiger partial charge < -0.3 is 15.0 Å². The summed E-state index contributed by atoms with van der Waals surface area (Å²) in [5.74, 6) is -0.0644. The average Bonchev–Trinajstić information content (AvgIpc) is 2.74. The zero-order chi connectivity index (χ0) is 19.9. The second kappa shape index (κ2) is 9.55. The smallest absolute Gasteiger partial charge is 0.270 e. The van der Waals surface area contributed by atoms with E-state index in [4.69, 9.17) is 4.74 Å². The van der Waals surface area contributed by atoms with Crippen LogP contribution in [0.3, 0.4) is 0 Å². The molecule has 5 nitrogen and oxygen atoms in total. The number of para-hydroxylation sites is 1. The van der Waals surface area contributed by atoms with E-state index in [0.29, 0.717) is 24.4 Å². The van der Waals surface area contributed by atoms with E-state index in [1.54, 1.807) is 35.2 Å². The monoisotopic (exact) mass is 442 g/mol. The molecule has 2 amide bonds. The molecule has 0 aromatic heterocycles. The number of hydrogen-bond donors (Lipinski definition) is 1. The van der Waals surface area contributed by atoms with Crippen molar-refractivity contribution in [3.8, 4) is 5.75 Å². The van der Waals surface area contributed by atoms with Crippen LogP contribution < -0.4 is 10.1 Å². The minimum absolute atomic E-state index is 0.161. The minimum atomic E-state index is -0.369. The van der Waals surface area contributed by atoms with Crippen LogP contribution >= 0.6 is 15.9 Å². The molecule has 146 valence electrons. The molecule has 1 N–H and O–H groups in total. The predicted molar refractivity (Wildman–Crippen MR) is 113 cm³/mol. The number of halogens is 1. The van der Waals surface area contributed by atoms with Crippen LogP contribution in [-0.2, 0) is 4.79 Å². The molecule has 1 saturated heterocycles. The van der Waals surface area contributed by atoms with E-state index in [1.165, 1.54) is 7.11 Å². The van der Waals surface area contributed by atoms with E-state index in [0.717, 1.165) is 29.3 Å². The fourth-order valence-electron chi connectivity index (χ4n) is 3.17. The van der Waals surface area contributed by atoms with Gasteiger partial charge in [0.1, 0.15) is 11.4 Å². The fraction of sp³-hybridized carbons (Fsp3) is 0.273. The molecule has 0 atom stereocenters. The second-order valence-corrected chi connectivity index (χ2v) is 7.53. The molecule has 28 heavy (non-hydrogen) atoms. The Morgan fingerprint density at radius 1 is 1.04 bits per heavy atom. The number of hydrogen-bond acceptors (Lipinski definition) is 3. The van der Waals surface area contributed by atoms with Crippen molar-refractivity contribution >= 4 is 33.8 Å². The lowest BCUT2D eigenvalue weighted by Gasteiger charge is -2.27. The van der Waals surface area contributed by atoms with Gasteiger partial charge in [0, 0.05) is 17.6 Å². The van der Waals surface area contributed by atoms with Crippen LogP contribution in [0, 0.1) is 0 Å². The normalized spacial score (nSPS) is 14.5. The lowest BCUT2D eigenvalue weighted by molar-refractivity contribution is -0.128. The summed E-state index contributed by atoms with van der Waals surface area (Å²) in [5.41, 5.74) is 1.49. The number of likely N-dealkylation sites (tertiary alicyclic amines) is 1. The van der Waals surface area contributed by atoms with Crippen molar-refractivity contribution in [1.29, 1.82) is 0 Å². The van der Waals surface area contributed by atoms with Gasteiger partial charge in [0.25, 0.3) is 11.8 Å². The molecular weight excluding hydrogens is 420 g/mol. The fourth-order valence-corrected chi connectivity index (χ4v) is 3.43. The molecule has 0 aliphatic carbocycles. The number of rotatable bonds is 5. The molecule has 0 saturated carbocycles. The van der Waals surface area contributed by atoms with Crippen molar-refractivity contribution in [2.45, 2.75) is 19.3 Å². The average molecular weight is 443 g/mol. The third kappa shape index (κ3) is 5.01. The van der Waals surface area contributed by atoms with Crippen LogP contribution in [0.1, 0.15) is 35.2 Å². The lowest BCUT2D eigenvalue weighted by Crippen LogP contribution is -2.41. The molecule has 0 spiro atoms. The summed E-state index contributed by atoms with van der Waals surface area (Å²) in [4.78, 5) is 27.8. The number of nitrogens with zero attached hydrogens (tertiary/aromatic N) is 1. The molecule has 3 rings (SSSR count). The molecule has 2 aromatic carbocycles. The van der Waals surface area contributed by atoms with Crippen molar-refractivity contribution in [3.05, 3.63) is 69.8 Å². The maximum Gasteiger partial charge on any atom is 0.270 e. The Hall–Kier alpha value is -2.60. The van der Waals surface area contributed by atoms with Crippen molar-refractivity contribution in [3.63, 3.8) is 0 Å².